The molecule has 1 aliphatic heterocycles. The van der Waals surface area contributed by atoms with E-state index in [-0.39, 0.29) is 18.8 Å². The Kier molecular flexibility index (Phi) is 6.12. The van der Waals surface area contributed by atoms with Crippen LogP contribution in [0.1, 0.15) is 6.92 Å². The minimum Gasteiger partial charge on any atom is -0.388 e. The molecular formula is C10H20O5. The number of aliphatic hydroxyl groups is 1. The summed E-state index contributed by atoms with van der Waals surface area (Å²) in [5.41, 5.74) is 0. The molecule has 3 atom stereocenters. The Balaban J connectivity index is 1.85. The number of methoxy groups -OCH3 is 1. The van der Waals surface area contributed by atoms with Gasteiger partial charge in [0.25, 0.3) is 0 Å². The van der Waals surface area contributed by atoms with Gasteiger partial charge in [0, 0.05) is 7.11 Å². The number of rotatable bonds is 9. The van der Waals surface area contributed by atoms with Crippen LogP contribution in [0.3, 0.4) is 0 Å². The van der Waals surface area contributed by atoms with Gasteiger partial charge in [0.1, 0.15) is 12.2 Å². The average molecular weight is 220 g/mol. The Hall–Kier alpha value is -0.200. The van der Waals surface area contributed by atoms with Crippen molar-refractivity contribution >= 4 is 0 Å². The van der Waals surface area contributed by atoms with Crippen LogP contribution in [0.2, 0.25) is 0 Å². The summed E-state index contributed by atoms with van der Waals surface area (Å²) in [7, 11) is 1.63. The molecule has 1 heterocycles. The monoisotopic (exact) mass is 220 g/mol. The van der Waals surface area contributed by atoms with E-state index in [2.05, 4.69) is 0 Å². The highest BCUT2D eigenvalue weighted by Crippen LogP contribution is 2.08. The molecule has 0 amide bonds. The molecule has 1 fully saturated rings. The summed E-state index contributed by atoms with van der Waals surface area (Å²) in [5, 5.41) is 9.44. The minimum absolute atomic E-state index is 0.0537. The summed E-state index contributed by atoms with van der Waals surface area (Å²) >= 11 is 0. The quantitative estimate of drug-likeness (QED) is 0.546. The summed E-state index contributed by atoms with van der Waals surface area (Å²) in [6.07, 6.45) is -0.280. The van der Waals surface area contributed by atoms with E-state index < -0.39 is 6.10 Å². The predicted molar refractivity (Wildman–Crippen MR) is 53.9 cm³/mol. The molecule has 90 valence electrons. The number of hydrogen-bond donors (Lipinski definition) is 1. The van der Waals surface area contributed by atoms with E-state index in [9.17, 15) is 5.11 Å². The Labute approximate surface area is 90.3 Å². The summed E-state index contributed by atoms with van der Waals surface area (Å²) in [6, 6.07) is 0. The molecule has 1 aliphatic rings. The van der Waals surface area contributed by atoms with Gasteiger partial charge in [-0.15, -0.1) is 0 Å². The third-order valence-electron chi connectivity index (χ3n) is 2.08. The van der Waals surface area contributed by atoms with Crippen LogP contribution < -0.4 is 0 Å². The molecule has 3 unspecified atom stereocenters. The first-order valence-electron chi connectivity index (χ1n) is 5.20. The molecule has 0 spiro atoms. The molecule has 5 heteroatoms. The lowest BCUT2D eigenvalue weighted by Gasteiger charge is -2.13. The summed E-state index contributed by atoms with van der Waals surface area (Å²) in [6.45, 7) is 4.30. The van der Waals surface area contributed by atoms with Gasteiger partial charge in [0.2, 0.25) is 0 Å². The largest absolute Gasteiger partial charge is 0.388 e. The average Bonchev–Trinajstić information content (AvgIpc) is 3.01. The van der Waals surface area contributed by atoms with E-state index in [4.69, 9.17) is 18.9 Å². The first-order valence-corrected chi connectivity index (χ1v) is 5.20. The number of aliphatic hydroxyl groups excluding tert-OH is 1. The van der Waals surface area contributed by atoms with Crippen molar-refractivity contribution in [3.63, 3.8) is 0 Å². The van der Waals surface area contributed by atoms with Crippen LogP contribution in [-0.2, 0) is 18.9 Å². The van der Waals surface area contributed by atoms with Crippen molar-refractivity contribution in [1.29, 1.82) is 0 Å². The normalized spacial score (nSPS) is 23.8. The lowest BCUT2D eigenvalue weighted by Crippen LogP contribution is -2.25. The topological polar surface area (TPSA) is 60.5 Å². The maximum atomic E-state index is 9.44. The fourth-order valence-electron chi connectivity index (χ4n) is 0.986. The maximum Gasteiger partial charge on any atom is 0.104 e. The number of hydrogen-bond acceptors (Lipinski definition) is 5. The zero-order valence-corrected chi connectivity index (χ0v) is 9.35. The van der Waals surface area contributed by atoms with Crippen LogP contribution >= 0.6 is 0 Å². The van der Waals surface area contributed by atoms with E-state index in [0.717, 1.165) is 6.61 Å². The van der Waals surface area contributed by atoms with Gasteiger partial charge in [0.05, 0.1) is 39.1 Å². The van der Waals surface area contributed by atoms with Crippen molar-refractivity contribution < 1.29 is 24.1 Å². The van der Waals surface area contributed by atoms with Crippen LogP contribution in [0.4, 0.5) is 0 Å². The van der Waals surface area contributed by atoms with E-state index >= 15 is 0 Å². The highest BCUT2D eigenvalue weighted by molar-refractivity contribution is 4.67. The molecule has 1 saturated heterocycles. The van der Waals surface area contributed by atoms with Gasteiger partial charge in [-0.3, -0.25) is 0 Å². The lowest BCUT2D eigenvalue weighted by molar-refractivity contribution is -0.0448. The molecule has 0 bridgehead atoms. The van der Waals surface area contributed by atoms with Gasteiger partial charge in [-0.05, 0) is 6.92 Å². The number of ether oxygens (including phenoxy) is 4. The highest BCUT2D eigenvalue weighted by atomic mass is 16.6. The van der Waals surface area contributed by atoms with Crippen molar-refractivity contribution in [2.24, 2.45) is 0 Å². The summed E-state index contributed by atoms with van der Waals surface area (Å²) < 4.78 is 20.4. The van der Waals surface area contributed by atoms with Crippen LogP contribution in [0.15, 0.2) is 0 Å². The minimum atomic E-state index is -0.576. The van der Waals surface area contributed by atoms with Crippen molar-refractivity contribution in [1.82, 2.24) is 0 Å². The first kappa shape index (κ1) is 12.9. The third kappa shape index (κ3) is 6.81. The molecule has 15 heavy (non-hydrogen) atoms. The third-order valence-corrected chi connectivity index (χ3v) is 2.08. The number of epoxide rings is 1. The predicted octanol–water partition coefficient (Wildman–Crippen LogP) is -0.186. The first-order chi connectivity index (χ1) is 7.22. The van der Waals surface area contributed by atoms with Crippen molar-refractivity contribution in [2.45, 2.75) is 25.2 Å². The Bertz CT molecular complexity index is 160. The van der Waals surface area contributed by atoms with E-state index in [1.54, 1.807) is 7.11 Å². The maximum absolute atomic E-state index is 9.44. The SMILES string of the molecule is COC(C)COCC(O)COCC1CO1. The van der Waals surface area contributed by atoms with Crippen LogP contribution in [0.25, 0.3) is 0 Å². The van der Waals surface area contributed by atoms with E-state index in [1.807, 2.05) is 6.92 Å². The van der Waals surface area contributed by atoms with Gasteiger partial charge < -0.3 is 24.1 Å². The second kappa shape index (κ2) is 7.14. The molecule has 0 saturated carbocycles. The Morgan fingerprint density at radius 1 is 1.33 bits per heavy atom. The Morgan fingerprint density at radius 3 is 2.60 bits per heavy atom. The fraction of sp³-hybridized carbons (Fsp3) is 1.00. The summed E-state index contributed by atoms with van der Waals surface area (Å²) in [5.74, 6) is 0. The van der Waals surface area contributed by atoms with Gasteiger partial charge >= 0.3 is 0 Å². The summed E-state index contributed by atoms with van der Waals surface area (Å²) in [4.78, 5) is 0. The van der Waals surface area contributed by atoms with Gasteiger partial charge in [0.15, 0.2) is 0 Å². The molecule has 0 aliphatic carbocycles. The second-order valence-corrected chi connectivity index (χ2v) is 3.73. The van der Waals surface area contributed by atoms with Crippen molar-refractivity contribution in [3.05, 3.63) is 0 Å². The van der Waals surface area contributed by atoms with Crippen LogP contribution in [-0.4, -0.2) is 63.6 Å². The van der Waals surface area contributed by atoms with Crippen LogP contribution in [0.5, 0.6) is 0 Å². The molecule has 1 N–H and O–H groups in total. The zero-order chi connectivity index (χ0) is 11.1. The Morgan fingerprint density at radius 2 is 2.00 bits per heavy atom. The van der Waals surface area contributed by atoms with Gasteiger partial charge in [-0.25, -0.2) is 0 Å². The zero-order valence-electron chi connectivity index (χ0n) is 9.35. The van der Waals surface area contributed by atoms with Gasteiger partial charge in [-0.2, -0.15) is 0 Å². The smallest absolute Gasteiger partial charge is 0.104 e. The van der Waals surface area contributed by atoms with Crippen LogP contribution in [0, 0.1) is 0 Å². The van der Waals surface area contributed by atoms with Crippen molar-refractivity contribution in [2.75, 3.05) is 40.1 Å². The molecule has 0 aromatic rings. The van der Waals surface area contributed by atoms with E-state index in [1.165, 1.54) is 0 Å². The highest BCUT2D eigenvalue weighted by Gasteiger charge is 2.22. The molecule has 0 aromatic carbocycles. The molecule has 0 radical (unpaired) electrons. The fourth-order valence-corrected chi connectivity index (χ4v) is 0.986. The molecular weight excluding hydrogens is 200 g/mol. The molecule has 5 nitrogen and oxygen atoms in total. The molecule has 1 rings (SSSR count). The van der Waals surface area contributed by atoms with Gasteiger partial charge in [-0.1, -0.05) is 0 Å². The second-order valence-electron chi connectivity index (χ2n) is 3.73. The van der Waals surface area contributed by atoms with Crippen molar-refractivity contribution in [3.8, 4) is 0 Å². The molecule has 0 aromatic heterocycles. The standard InChI is InChI=1S/C10H20O5/c1-8(12-2)3-13-4-9(11)5-14-6-10-7-15-10/h8-11H,3-7H2,1-2H3. The lowest BCUT2D eigenvalue weighted by atomic mass is 10.4. The van der Waals surface area contributed by atoms with E-state index in [0.29, 0.717) is 19.8 Å².